The molecule has 0 aliphatic rings. The smallest absolute Gasteiger partial charge is 0.242 e. The molecule has 15 heavy (non-hydrogen) atoms. The second kappa shape index (κ2) is 5.75. The third kappa shape index (κ3) is 3.91. The standard InChI is InChI=1S/C11H18N2OS/c1-4-8(2)12-11(14)9(3)13-10-5-6-15-7-10/h5-9,13H,4H2,1-3H3,(H,12,14). The Hall–Kier alpha value is -1.03. The summed E-state index contributed by atoms with van der Waals surface area (Å²) in [5.74, 6) is 0.0514. The minimum Gasteiger partial charge on any atom is -0.373 e. The molecule has 1 rings (SSSR count). The van der Waals surface area contributed by atoms with Crippen molar-refractivity contribution in [2.75, 3.05) is 5.32 Å². The molecule has 1 amide bonds. The number of amides is 1. The third-order valence-corrected chi connectivity index (χ3v) is 2.98. The van der Waals surface area contributed by atoms with Crippen LogP contribution in [0.5, 0.6) is 0 Å². The fourth-order valence-corrected chi connectivity index (χ4v) is 1.73. The maximum atomic E-state index is 11.7. The van der Waals surface area contributed by atoms with Gasteiger partial charge in [-0.3, -0.25) is 4.79 Å². The van der Waals surface area contributed by atoms with Gasteiger partial charge in [-0.15, -0.1) is 0 Å². The van der Waals surface area contributed by atoms with E-state index in [0.717, 1.165) is 12.1 Å². The van der Waals surface area contributed by atoms with E-state index >= 15 is 0 Å². The van der Waals surface area contributed by atoms with Crippen LogP contribution in [0, 0.1) is 0 Å². The molecule has 2 unspecified atom stereocenters. The molecule has 0 spiro atoms. The number of carbonyl (C=O) groups is 1. The molecule has 0 aliphatic carbocycles. The van der Waals surface area contributed by atoms with Gasteiger partial charge in [0.1, 0.15) is 6.04 Å². The fraction of sp³-hybridized carbons (Fsp3) is 0.545. The molecule has 4 heteroatoms. The van der Waals surface area contributed by atoms with Gasteiger partial charge < -0.3 is 10.6 Å². The largest absolute Gasteiger partial charge is 0.373 e. The van der Waals surface area contributed by atoms with Crippen molar-refractivity contribution < 1.29 is 4.79 Å². The fourth-order valence-electron chi connectivity index (χ4n) is 1.13. The van der Waals surface area contributed by atoms with E-state index in [1.807, 2.05) is 30.7 Å². The Morgan fingerprint density at radius 2 is 2.27 bits per heavy atom. The zero-order chi connectivity index (χ0) is 11.3. The number of rotatable bonds is 5. The highest BCUT2D eigenvalue weighted by Gasteiger charge is 2.13. The van der Waals surface area contributed by atoms with E-state index < -0.39 is 0 Å². The summed E-state index contributed by atoms with van der Waals surface area (Å²) in [6.07, 6.45) is 0.955. The summed E-state index contributed by atoms with van der Waals surface area (Å²) < 4.78 is 0. The summed E-state index contributed by atoms with van der Waals surface area (Å²) in [6.45, 7) is 5.94. The van der Waals surface area contributed by atoms with Crippen LogP contribution < -0.4 is 10.6 Å². The molecule has 0 aliphatic heterocycles. The van der Waals surface area contributed by atoms with Crippen molar-refractivity contribution in [3.05, 3.63) is 16.8 Å². The van der Waals surface area contributed by atoms with Crippen molar-refractivity contribution in [2.45, 2.75) is 39.3 Å². The van der Waals surface area contributed by atoms with Gasteiger partial charge in [0.2, 0.25) is 5.91 Å². The zero-order valence-electron chi connectivity index (χ0n) is 9.41. The summed E-state index contributed by atoms with van der Waals surface area (Å²) in [5, 5.41) is 10.1. The summed E-state index contributed by atoms with van der Waals surface area (Å²) in [7, 11) is 0. The molecular weight excluding hydrogens is 208 g/mol. The molecule has 2 N–H and O–H groups in total. The first kappa shape index (κ1) is 12.0. The molecule has 0 aromatic carbocycles. The van der Waals surface area contributed by atoms with Crippen LogP contribution in [0.15, 0.2) is 16.8 Å². The van der Waals surface area contributed by atoms with Gasteiger partial charge in [0.25, 0.3) is 0 Å². The van der Waals surface area contributed by atoms with Gasteiger partial charge >= 0.3 is 0 Å². The number of carbonyl (C=O) groups excluding carboxylic acids is 1. The maximum absolute atomic E-state index is 11.7. The monoisotopic (exact) mass is 226 g/mol. The highest BCUT2D eigenvalue weighted by atomic mass is 32.1. The number of nitrogens with one attached hydrogen (secondary N) is 2. The Labute approximate surface area is 94.9 Å². The van der Waals surface area contributed by atoms with Crippen molar-refractivity contribution in [1.82, 2.24) is 5.32 Å². The first-order valence-electron chi connectivity index (χ1n) is 5.22. The molecule has 2 atom stereocenters. The Balaban J connectivity index is 2.40. The number of anilines is 1. The van der Waals surface area contributed by atoms with Crippen LogP contribution in [0.2, 0.25) is 0 Å². The molecule has 84 valence electrons. The molecule has 0 saturated heterocycles. The lowest BCUT2D eigenvalue weighted by atomic mass is 10.2. The van der Waals surface area contributed by atoms with E-state index in [-0.39, 0.29) is 18.0 Å². The van der Waals surface area contributed by atoms with E-state index in [9.17, 15) is 4.79 Å². The Bertz CT molecular complexity index is 298. The minimum absolute atomic E-state index is 0.0514. The van der Waals surface area contributed by atoms with E-state index in [1.54, 1.807) is 11.3 Å². The van der Waals surface area contributed by atoms with E-state index in [0.29, 0.717) is 0 Å². The van der Waals surface area contributed by atoms with Crippen LogP contribution in [-0.2, 0) is 4.79 Å². The first-order chi connectivity index (χ1) is 7.13. The van der Waals surface area contributed by atoms with E-state index in [2.05, 4.69) is 17.6 Å². The van der Waals surface area contributed by atoms with Gasteiger partial charge in [-0.2, -0.15) is 11.3 Å². The highest BCUT2D eigenvalue weighted by Crippen LogP contribution is 2.12. The summed E-state index contributed by atoms with van der Waals surface area (Å²) in [4.78, 5) is 11.7. The lowest BCUT2D eigenvalue weighted by Crippen LogP contribution is -2.41. The normalized spacial score (nSPS) is 14.3. The van der Waals surface area contributed by atoms with Crippen molar-refractivity contribution in [1.29, 1.82) is 0 Å². The van der Waals surface area contributed by atoms with Crippen LogP contribution >= 0.6 is 11.3 Å². The maximum Gasteiger partial charge on any atom is 0.242 e. The van der Waals surface area contributed by atoms with E-state index in [1.165, 1.54) is 0 Å². The molecule has 0 saturated carbocycles. The second-order valence-corrected chi connectivity index (χ2v) is 4.48. The highest BCUT2D eigenvalue weighted by molar-refractivity contribution is 7.08. The SMILES string of the molecule is CCC(C)NC(=O)C(C)Nc1ccsc1. The molecule has 0 fully saturated rings. The van der Waals surface area contributed by atoms with Gasteiger partial charge in [0.15, 0.2) is 0 Å². The third-order valence-electron chi connectivity index (χ3n) is 2.30. The van der Waals surface area contributed by atoms with Crippen LogP contribution in [0.25, 0.3) is 0 Å². The summed E-state index contributed by atoms with van der Waals surface area (Å²) in [6, 6.07) is 2.02. The predicted molar refractivity (Wildman–Crippen MR) is 65.3 cm³/mol. The van der Waals surface area contributed by atoms with Gasteiger partial charge in [0.05, 0.1) is 0 Å². The van der Waals surface area contributed by atoms with Crippen LogP contribution in [0.4, 0.5) is 5.69 Å². The number of hydrogen-bond donors (Lipinski definition) is 2. The van der Waals surface area contributed by atoms with Crippen molar-refractivity contribution in [3.8, 4) is 0 Å². The average Bonchev–Trinajstić information content (AvgIpc) is 2.70. The number of thiophene rings is 1. The topological polar surface area (TPSA) is 41.1 Å². The molecule has 3 nitrogen and oxygen atoms in total. The van der Waals surface area contributed by atoms with Crippen LogP contribution in [-0.4, -0.2) is 18.0 Å². The van der Waals surface area contributed by atoms with Gasteiger partial charge in [-0.1, -0.05) is 6.92 Å². The summed E-state index contributed by atoms with van der Waals surface area (Å²) >= 11 is 1.62. The summed E-state index contributed by atoms with van der Waals surface area (Å²) in [5.41, 5.74) is 1.01. The molecule has 0 bridgehead atoms. The van der Waals surface area contributed by atoms with Gasteiger partial charge in [-0.05, 0) is 31.7 Å². The second-order valence-electron chi connectivity index (χ2n) is 3.70. The molecule has 1 aromatic rings. The molecule has 0 radical (unpaired) electrons. The molecule has 1 aromatic heterocycles. The predicted octanol–water partition coefficient (Wildman–Crippen LogP) is 2.46. The first-order valence-corrected chi connectivity index (χ1v) is 6.17. The molecule has 1 heterocycles. The van der Waals surface area contributed by atoms with E-state index in [4.69, 9.17) is 0 Å². The lowest BCUT2D eigenvalue weighted by Gasteiger charge is -2.17. The molecular formula is C11H18N2OS. The zero-order valence-corrected chi connectivity index (χ0v) is 10.2. The van der Waals surface area contributed by atoms with Crippen molar-refractivity contribution in [2.24, 2.45) is 0 Å². The Kier molecular flexibility index (Phi) is 4.62. The van der Waals surface area contributed by atoms with Gasteiger partial charge in [0, 0.05) is 17.1 Å². The Morgan fingerprint density at radius 1 is 1.53 bits per heavy atom. The minimum atomic E-state index is -0.186. The van der Waals surface area contributed by atoms with Crippen molar-refractivity contribution >= 4 is 22.9 Å². The van der Waals surface area contributed by atoms with Crippen LogP contribution in [0.3, 0.4) is 0 Å². The average molecular weight is 226 g/mol. The van der Waals surface area contributed by atoms with Crippen LogP contribution in [0.1, 0.15) is 27.2 Å². The lowest BCUT2D eigenvalue weighted by molar-refractivity contribution is -0.122. The van der Waals surface area contributed by atoms with Crippen molar-refractivity contribution in [3.63, 3.8) is 0 Å². The Morgan fingerprint density at radius 3 is 2.80 bits per heavy atom. The quantitative estimate of drug-likeness (QED) is 0.809. The van der Waals surface area contributed by atoms with Gasteiger partial charge in [-0.25, -0.2) is 0 Å². The number of hydrogen-bond acceptors (Lipinski definition) is 3.